The van der Waals surface area contributed by atoms with E-state index in [0.29, 0.717) is 12.8 Å². The number of rotatable bonds is 9. The van der Waals surface area contributed by atoms with Crippen LogP contribution in [-0.4, -0.2) is 22.4 Å². The van der Waals surface area contributed by atoms with Gasteiger partial charge < -0.3 is 17.1 Å². The van der Waals surface area contributed by atoms with Crippen LogP contribution in [-0.2, 0) is 38.1 Å². The number of nitriles is 1. The minimum Gasteiger partial charge on any atom is -0.392 e. The van der Waals surface area contributed by atoms with Gasteiger partial charge in [0.1, 0.15) is 0 Å². The molecule has 29 heavy (non-hydrogen) atoms. The Morgan fingerprint density at radius 1 is 1.34 bits per heavy atom. The van der Waals surface area contributed by atoms with Gasteiger partial charge in [-0.1, -0.05) is 43.2 Å². The summed E-state index contributed by atoms with van der Waals surface area (Å²) in [7, 11) is 0. The zero-order valence-corrected chi connectivity index (χ0v) is 20.8. The molecule has 2 aliphatic carbocycles. The van der Waals surface area contributed by atoms with Gasteiger partial charge in [-0.3, -0.25) is 0 Å². The molecule has 5 heteroatoms. The molecule has 0 spiro atoms. The number of aliphatic hydroxyl groups is 2. The maximum absolute atomic E-state index is 10.9. The molecule has 2 N–H and O–H groups in total. The summed E-state index contributed by atoms with van der Waals surface area (Å²) in [5, 5.41) is 33.0. The van der Waals surface area contributed by atoms with E-state index in [1.54, 1.807) is 11.3 Å². The van der Waals surface area contributed by atoms with E-state index < -0.39 is 12.2 Å². The Morgan fingerprint density at radius 3 is 2.72 bits per heavy atom. The van der Waals surface area contributed by atoms with E-state index in [2.05, 4.69) is 48.7 Å². The largest absolute Gasteiger partial charge is 0.392 e. The summed E-state index contributed by atoms with van der Waals surface area (Å²) in [6.07, 6.45) is 14.5. The standard InChI is InChI=1S/C24H32NO2S.Y/c1-2-3-4-5-9-19-18(17-25)16-21(26)20(19)10-6-11-22(27)24(13-8-14-24)23-12-7-15-28-23;/h4-7,10,12,15,18-22,26-27H,1-3,8-9,11,13-14,16H2;/q-1;/b5-4-,10-6+;/t18-,19-,20+,21+,22?;/m0./s1. The van der Waals surface area contributed by atoms with Crippen molar-refractivity contribution in [3.8, 4) is 6.07 Å². The molecule has 1 heterocycles. The van der Waals surface area contributed by atoms with Gasteiger partial charge in [0, 0.05) is 48.9 Å². The van der Waals surface area contributed by atoms with E-state index in [4.69, 9.17) is 0 Å². The van der Waals surface area contributed by atoms with Crippen molar-refractivity contribution in [3.05, 3.63) is 53.6 Å². The third-order valence-electron chi connectivity index (χ3n) is 6.68. The molecule has 1 aromatic heterocycles. The van der Waals surface area contributed by atoms with Gasteiger partial charge in [-0.15, -0.1) is 11.3 Å². The molecule has 1 aromatic rings. The van der Waals surface area contributed by atoms with Gasteiger partial charge in [0.25, 0.3) is 0 Å². The molecule has 5 atom stereocenters. The summed E-state index contributed by atoms with van der Waals surface area (Å²) < 4.78 is 0. The molecule has 2 aliphatic rings. The number of unbranched alkanes of at least 4 members (excludes halogenated alkanes) is 1. The third kappa shape index (κ3) is 5.69. The Hall–Kier alpha value is -0.306. The quantitative estimate of drug-likeness (QED) is 0.373. The smallest absolute Gasteiger partial charge is 0.0679 e. The van der Waals surface area contributed by atoms with Crippen LogP contribution in [0.1, 0.15) is 56.2 Å². The first-order valence-electron chi connectivity index (χ1n) is 10.5. The van der Waals surface area contributed by atoms with Gasteiger partial charge in [-0.2, -0.15) is 11.7 Å². The monoisotopic (exact) mass is 487 g/mol. The van der Waals surface area contributed by atoms with E-state index >= 15 is 0 Å². The van der Waals surface area contributed by atoms with Crippen molar-refractivity contribution in [3.63, 3.8) is 0 Å². The Morgan fingerprint density at radius 2 is 2.14 bits per heavy atom. The molecule has 1 radical (unpaired) electrons. The van der Waals surface area contributed by atoms with Crippen molar-refractivity contribution >= 4 is 11.3 Å². The maximum Gasteiger partial charge on any atom is 0.0679 e. The Bertz CT molecular complexity index is 705. The summed E-state index contributed by atoms with van der Waals surface area (Å²) in [4.78, 5) is 1.29. The van der Waals surface area contributed by atoms with Crippen LogP contribution in [0.3, 0.4) is 0 Å². The topological polar surface area (TPSA) is 64.2 Å². The van der Waals surface area contributed by atoms with E-state index in [0.717, 1.165) is 32.1 Å². The van der Waals surface area contributed by atoms with Crippen molar-refractivity contribution in [2.24, 2.45) is 17.8 Å². The second-order valence-electron chi connectivity index (χ2n) is 8.30. The van der Waals surface area contributed by atoms with Crippen LogP contribution in [0.25, 0.3) is 0 Å². The molecule has 3 rings (SSSR count). The summed E-state index contributed by atoms with van der Waals surface area (Å²) in [6, 6.07) is 6.59. The number of nitrogens with zero attached hydrogens (tertiary/aromatic N) is 1. The average molecular weight is 487 g/mol. The molecule has 0 amide bonds. The van der Waals surface area contributed by atoms with Gasteiger partial charge in [-0.05, 0) is 49.5 Å². The summed E-state index contributed by atoms with van der Waals surface area (Å²) >= 11 is 1.74. The second-order valence-corrected chi connectivity index (χ2v) is 9.24. The maximum atomic E-state index is 10.9. The van der Waals surface area contributed by atoms with Crippen LogP contribution in [0.5, 0.6) is 0 Å². The van der Waals surface area contributed by atoms with Crippen LogP contribution in [0.2, 0.25) is 0 Å². The van der Waals surface area contributed by atoms with Crippen LogP contribution in [0, 0.1) is 36.0 Å². The van der Waals surface area contributed by atoms with Crippen LogP contribution >= 0.6 is 11.3 Å². The predicted molar refractivity (Wildman–Crippen MR) is 115 cm³/mol. The molecule has 155 valence electrons. The fraction of sp³-hybridized carbons (Fsp3) is 0.583. The third-order valence-corrected chi connectivity index (χ3v) is 7.77. The van der Waals surface area contributed by atoms with Crippen molar-refractivity contribution in [2.45, 2.75) is 69.0 Å². The van der Waals surface area contributed by atoms with E-state index in [9.17, 15) is 15.5 Å². The number of hydrogen-bond acceptors (Lipinski definition) is 4. The minimum atomic E-state index is -0.473. The number of aliphatic hydroxyl groups excluding tert-OH is 2. The normalized spacial score (nSPS) is 29.4. The molecule has 0 saturated heterocycles. The molecule has 0 bridgehead atoms. The average Bonchev–Trinajstić information content (AvgIpc) is 3.27. The van der Waals surface area contributed by atoms with Crippen LogP contribution in [0.15, 0.2) is 41.8 Å². The first-order chi connectivity index (χ1) is 13.6. The van der Waals surface area contributed by atoms with Crippen molar-refractivity contribution in [2.75, 3.05) is 0 Å². The first-order valence-corrected chi connectivity index (χ1v) is 11.4. The van der Waals surface area contributed by atoms with Crippen molar-refractivity contribution in [1.29, 1.82) is 5.26 Å². The number of allylic oxidation sites excluding steroid dienone is 2. The minimum absolute atomic E-state index is 0. The van der Waals surface area contributed by atoms with Gasteiger partial charge in [0.15, 0.2) is 0 Å². The molecule has 3 nitrogen and oxygen atoms in total. The number of hydrogen-bond donors (Lipinski definition) is 2. The predicted octanol–water partition coefficient (Wildman–Crippen LogP) is 5.17. The molecule has 2 saturated carbocycles. The molecule has 0 aliphatic heterocycles. The number of thiophene rings is 1. The zero-order valence-electron chi connectivity index (χ0n) is 17.1. The fourth-order valence-corrected chi connectivity index (χ4v) is 5.86. The zero-order chi connectivity index (χ0) is 20.0. The molecule has 1 unspecified atom stereocenters. The Labute approximate surface area is 204 Å². The van der Waals surface area contributed by atoms with Crippen LogP contribution < -0.4 is 0 Å². The van der Waals surface area contributed by atoms with E-state index in [1.165, 1.54) is 11.3 Å². The van der Waals surface area contributed by atoms with Crippen molar-refractivity contribution < 1.29 is 42.9 Å². The van der Waals surface area contributed by atoms with Crippen LogP contribution in [0.4, 0.5) is 0 Å². The van der Waals surface area contributed by atoms with E-state index in [-0.39, 0.29) is 55.9 Å². The summed E-state index contributed by atoms with van der Waals surface area (Å²) in [6.45, 7) is 3.84. The summed E-state index contributed by atoms with van der Waals surface area (Å²) in [5.74, 6) is 0.0211. The van der Waals surface area contributed by atoms with Gasteiger partial charge in [0.2, 0.25) is 0 Å². The SMILES string of the molecule is [CH2-]CC/C=C\C[C@@H]1[C@@H](/C=C/CC(O)C2(c3cccs3)CCC2)[C@H](O)C[C@H]1C#N.[Y]. The second kappa shape index (κ2) is 11.9. The first kappa shape index (κ1) is 25.0. The molecular formula is C24H32NO2SY-. The van der Waals surface area contributed by atoms with Gasteiger partial charge in [0.05, 0.1) is 24.2 Å². The molecular weight excluding hydrogens is 455 g/mol. The summed E-state index contributed by atoms with van der Waals surface area (Å²) in [5.41, 5.74) is -0.0850. The van der Waals surface area contributed by atoms with E-state index in [1.807, 2.05) is 6.08 Å². The molecule has 2 fully saturated rings. The van der Waals surface area contributed by atoms with Crippen molar-refractivity contribution in [1.82, 2.24) is 0 Å². The Kier molecular flexibility index (Phi) is 10.3. The van der Waals surface area contributed by atoms with Gasteiger partial charge >= 0.3 is 0 Å². The fourth-order valence-electron chi connectivity index (χ4n) is 4.83. The molecule has 0 aromatic carbocycles. The van der Waals surface area contributed by atoms with Gasteiger partial charge in [-0.25, -0.2) is 0 Å². The Balaban J connectivity index is 0.00000300.